The van der Waals surface area contributed by atoms with Crippen molar-refractivity contribution in [3.05, 3.63) is 65.7 Å². The molecular weight excluding hydrogens is 264 g/mol. The molecule has 0 amide bonds. The highest BCUT2D eigenvalue weighted by molar-refractivity contribution is 6.05. The average Bonchev–Trinajstić information content (AvgIpc) is 2.47. The number of hydrogen-bond acceptors (Lipinski definition) is 2. The van der Waals surface area contributed by atoms with Gasteiger partial charge in [0.1, 0.15) is 5.75 Å². The SMILES string of the molecule is Cc1ccc2cc(-c3ccc(O)cc3)ccc2c1C(=O)O. The Morgan fingerprint density at radius 3 is 2.24 bits per heavy atom. The van der Waals surface area contributed by atoms with Crippen molar-refractivity contribution in [2.24, 2.45) is 0 Å². The molecule has 0 fully saturated rings. The third-order valence-electron chi connectivity index (χ3n) is 3.64. The van der Waals surface area contributed by atoms with Crippen LogP contribution in [0.2, 0.25) is 0 Å². The Morgan fingerprint density at radius 2 is 1.57 bits per heavy atom. The zero-order chi connectivity index (χ0) is 15.0. The molecule has 3 nitrogen and oxygen atoms in total. The van der Waals surface area contributed by atoms with Crippen LogP contribution in [0.5, 0.6) is 5.75 Å². The van der Waals surface area contributed by atoms with Crippen molar-refractivity contribution < 1.29 is 15.0 Å². The third kappa shape index (κ3) is 2.34. The topological polar surface area (TPSA) is 57.5 Å². The number of carboxylic acid groups (broad SMARTS) is 1. The molecule has 0 aromatic heterocycles. The van der Waals surface area contributed by atoms with Crippen molar-refractivity contribution in [2.45, 2.75) is 6.92 Å². The Bertz CT molecular complexity index is 833. The van der Waals surface area contributed by atoms with Crippen LogP contribution in [-0.2, 0) is 0 Å². The van der Waals surface area contributed by atoms with E-state index in [1.165, 1.54) is 0 Å². The highest BCUT2D eigenvalue weighted by atomic mass is 16.4. The van der Waals surface area contributed by atoms with Gasteiger partial charge in [0, 0.05) is 0 Å². The van der Waals surface area contributed by atoms with Gasteiger partial charge in [-0.2, -0.15) is 0 Å². The standard InChI is InChI=1S/C18H14O3/c1-11-2-3-14-10-13(12-4-7-15(19)8-5-12)6-9-16(14)17(11)18(20)21/h2-10,19H,1H3,(H,20,21). The number of phenolic OH excluding ortho intramolecular Hbond substituents is 1. The van der Waals surface area contributed by atoms with Crippen LogP contribution in [0.1, 0.15) is 15.9 Å². The predicted octanol–water partition coefficient (Wildman–Crippen LogP) is 4.22. The fourth-order valence-electron chi connectivity index (χ4n) is 2.56. The molecule has 3 aromatic carbocycles. The Kier molecular flexibility index (Phi) is 3.10. The molecule has 3 aromatic rings. The molecule has 0 saturated carbocycles. The van der Waals surface area contributed by atoms with Crippen molar-refractivity contribution in [1.29, 1.82) is 0 Å². The molecule has 0 aliphatic carbocycles. The Hall–Kier alpha value is -2.81. The van der Waals surface area contributed by atoms with E-state index in [0.717, 1.165) is 27.5 Å². The van der Waals surface area contributed by atoms with Gasteiger partial charge < -0.3 is 10.2 Å². The highest BCUT2D eigenvalue weighted by Gasteiger charge is 2.12. The fraction of sp³-hybridized carbons (Fsp3) is 0.0556. The lowest BCUT2D eigenvalue weighted by Gasteiger charge is -2.09. The molecule has 2 N–H and O–H groups in total. The summed E-state index contributed by atoms with van der Waals surface area (Å²) in [5.41, 5.74) is 3.08. The molecule has 0 unspecified atom stereocenters. The van der Waals surface area contributed by atoms with E-state index < -0.39 is 5.97 Å². The minimum absolute atomic E-state index is 0.225. The van der Waals surface area contributed by atoms with Gasteiger partial charge >= 0.3 is 5.97 Å². The van der Waals surface area contributed by atoms with E-state index in [2.05, 4.69) is 0 Å². The Balaban J connectivity index is 2.20. The third-order valence-corrected chi connectivity index (χ3v) is 3.64. The van der Waals surface area contributed by atoms with Gasteiger partial charge in [0.15, 0.2) is 0 Å². The maximum atomic E-state index is 11.4. The quantitative estimate of drug-likeness (QED) is 0.738. The van der Waals surface area contributed by atoms with Gasteiger partial charge in [0.25, 0.3) is 0 Å². The number of carbonyl (C=O) groups is 1. The van der Waals surface area contributed by atoms with Crippen molar-refractivity contribution in [3.63, 3.8) is 0 Å². The molecule has 3 rings (SSSR count). The Labute approximate surface area is 122 Å². The van der Waals surface area contributed by atoms with Crippen LogP contribution in [0.25, 0.3) is 21.9 Å². The summed E-state index contributed by atoms with van der Waals surface area (Å²) in [5.74, 6) is -0.682. The summed E-state index contributed by atoms with van der Waals surface area (Å²) >= 11 is 0. The van der Waals surface area contributed by atoms with Gasteiger partial charge in [0.2, 0.25) is 0 Å². The molecule has 0 saturated heterocycles. The Morgan fingerprint density at radius 1 is 0.905 bits per heavy atom. The van der Waals surface area contributed by atoms with Gasteiger partial charge in [-0.3, -0.25) is 0 Å². The highest BCUT2D eigenvalue weighted by Crippen LogP contribution is 2.28. The van der Waals surface area contributed by atoms with Crippen LogP contribution < -0.4 is 0 Å². The minimum atomic E-state index is -0.907. The van der Waals surface area contributed by atoms with Crippen molar-refractivity contribution in [1.82, 2.24) is 0 Å². The molecule has 104 valence electrons. The second-order valence-electron chi connectivity index (χ2n) is 5.05. The van der Waals surface area contributed by atoms with Crippen LogP contribution in [0.3, 0.4) is 0 Å². The first kappa shape index (κ1) is 13.2. The van der Waals surface area contributed by atoms with Crippen molar-refractivity contribution >= 4 is 16.7 Å². The molecule has 0 radical (unpaired) electrons. The summed E-state index contributed by atoms with van der Waals surface area (Å²) in [7, 11) is 0. The lowest BCUT2D eigenvalue weighted by molar-refractivity contribution is 0.0698. The number of fused-ring (bicyclic) bond motifs is 1. The summed E-state index contributed by atoms with van der Waals surface area (Å²) in [4.78, 5) is 11.4. The van der Waals surface area contributed by atoms with Gasteiger partial charge in [-0.15, -0.1) is 0 Å². The van der Waals surface area contributed by atoms with E-state index in [0.29, 0.717) is 5.56 Å². The van der Waals surface area contributed by atoms with E-state index in [-0.39, 0.29) is 5.75 Å². The largest absolute Gasteiger partial charge is 0.508 e. The maximum Gasteiger partial charge on any atom is 0.336 e. The summed E-state index contributed by atoms with van der Waals surface area (Å²) < 4.78 is 0. The van der Waals surface area contributed by atoms with Gasteiger partial charge in [-0.1, -0.05) is 36.4 Å². The normalized spacial score (nSPS) is 10.7. The van der Waals surface area contributed by atoms with Crippen LogP contribution >= 0.6 is 0 Å². The van der Waals surface area contributed by atoms with Gasteiger partial charge in [-0.25, -0.2) is 4.79 Å². The van der Waals surface area contributed by atoms with E-state index >= 15 is 0 Å². The number of carboxylic acids is 1. The summed E-state index contributed by atoms with van der Waals surface area (Å²) in [6.45, 7) is 1.80. The van der Waals surface area contributed by atoms with Crippen molar-refractivity contribution in [3.8, 4) is 16.9 Å². The second-order valence-corrected chi connectivity index (χ2v) is 5.05. The molecule has 0 bridgehead atoms. The van der Waals surface area contributed by atoms with Gasteiger partial charge in [0.05, 0.1) is 5.56 Å². The smallest absolute Gasteiger partial charge is 0.336 e. The molecule has 3 heteroatoms. The number of benzene rings is 3. The van der Waals surface area contributed by atoms with E-state index in [9.17, 15) is 15.0 Å². The fourth-order valence-corrected chi connectivity index (χ4v) is 2.56. The van der Waals surface area contributed by atoms with Crippen LogP contribution in [0.15, 0.2) is 54.6 Å². The summed E-state index contributed by atoms with van der Waals surface area (Å²) in [6, 6.07) is 16.4. The molecule has 0 aliphatic rings. The first-order chi connectivity index (χ1) is 10.1. The monoisotopic (exact) mass is 278 g/mol. The van der Waals surface area contributed by atoms with Gasteiger partial charge in [-0.05, 0) is 52.6 Å². The molecule has 0 aliphatic heterocycles. The lowest BCUT2D eigenvalue weighted by atomic mass is 9.96. The first-order valence-electron chi connectivity index (χ1n) is 6.62. The van der Waals surface area contributed by atoms with E-state index in [4.69, 9.17) is 0 Å². The second kappa shape index (κ2) is 4.94. The number of aromatic hydroxyl groups is 1. The summed E-state index contributed by atoms with van der Waals surface area (Å²) in [5, 5.41) is 20.3. The molecule has 21 heavy (non-hydrogen) atoms. The number of phenols is 1. The summed E-state index contributed by atoms with van der Waals surface area (Å²) in [6.07, 6.45) is 0. The zero-order valence-electron chi connectivity index (χ0n) is 11.5. The van der Waals surface area contributed by atoms with Crippen LogP contribution in [-0.4, -0.2) is 16.2 Å². The van der Waals surface area contributed by atoms with E-state index in [1.807, 2.05) is 42.5 Å². The zero-order valence-corrected chi connectivity index (χ0v) is 11.5. The average molecular weight is 278 g/mol. The van der Waals surface area contributed by atoms with Crippen LogP contribution in [0.4, 0.5) is 0 Å². The molecule has 0 spiro atoms. The number of aromatic carboxylic acids is 1. The number of aryl methyl sites for hydroxylation is 1. The number of hydrogen-bond donors (Lipinski definition) is 2. The van der Waals surface area contributed by atoms with Crippen LogP contribution in [0, 0.1) is 6.92 Å². The molecule has 0 atom stereocenters. The van der Waals surface area contributed by atoms with E-state index in [1.54, 1.807) is 19.1 Å². The minimum Gasteiger partial charge on any atom is -0.508 e. The lowest BCUT2D eigenvalue weighted by Crippen LogP contribution is -2.00. The number of rotatable bonds is 2. The molecule has 0 heterocycles. The molecular formula is C18H14O3. The van der Waals surface area contributed by atoms with Crippen molar-refractivity contribution in [2.75, 3.05) is 0 Å². The maximum absolute atomic E-state index is 11.4. The predicted molar refractivity (Wildman–Crippen MR) is 82.7 cm³/mol. The first-order valence-corrected chi connectivity index (χ1v) is 6.62.